The predicted molar refractivity (Wildman–Crippen MR) is 134 cm³/mol. The zero-order valence-corrected chi connectivity index (χ0v) is 20.8. The number of methoxy groups -OCH3 is 1. The average Bonchev–Trinajstić information content (AvgIpc) is 3.37. The molecule has 2 aliphatic heterocycles. The van der Waals surface area contributed by atoms with Crippen molar-refractivity contribution in [2.24, 2.45) is 0 Å². The molecule has 8 heteroatoms. The summed E-state index contributed by atoms with van der Waals surface area (Å²) < 4.78 is 22.4. The van der Waals surface area contributed by atoms with E-state index < -0.39 is 17.7 Å². The molecule has 0 unspecified atom stereocenters. The van der Waals surface area contributed by atoms with Crippen LogP contribution < -0.4 is 14.2 Å². The highest BCUT2D eigenvalue weighted by molar-refractivity contribution is 6.46. The van der Waals surface area contributed by atoms with Crippen LogP contribution in [0, 0.1) is 0 Å². The molecular formula is C28H31NO7. The van der Waals surface area contributed by atoms with Crippen LogP contribution in [0.2, 0.25) is 0 Å². The zero-order chi connectivity index (χ0) is 25.8. The number of hydrogen-bond acceptors (Lipinski definition) is 7. The SMILES string of the molecule is C=CCOc1ccc([C@@H]2/C(=C(\O)c3ccc4c(c3)C[C@@H](C)O4)C(=O)C(=O)N2CCOC)cc1OCC. The van der Waals surface area contributed by atoms with E-state index in [2.05, 4.69) is 6.58 Å². The van der Waals surface area contributed by atoms with Gasteiger partial charge in [-0.25, -0.2) is 0 Å². The van der Waals surface area contributed by atoms with E-state index in [-0.39, 0.29) is 30.6 Å². The fourth-order valence-corrected chi connectivity index (χ4v) is 4.60. The maximum Gasteiger partial charge on any atom is 0.295 e. The normalized spacial score (nSPS) is 20.2. The molecule has 0 radical (unpaired) electrons. The van der Waals surface area contributed by atoms with Crippen LogP contribution in [-0.4, -0.2) is 61.3 Å². The second-order valence-corrected chi connectivity index (χ2v) is 8.68. The van der Waals surface area contributed by atoms with Crippen molar-refractivity contribution in [1.82, 2.24) is 4.90 Å². The summed E-state index contributed by atoms with van der Waals surface area (Å²) in [5, 5.41) is 11.4. The van der Waals surface area contributed by atoms with E-state index >= 15 is 0 Å². The zero-order valence-electron chi connectivity index (χ0n) is 20.8. The standard InChI is InChI=1S/C28H31NO7/c1-5-12-35-22-10-7-18(16-23(22)34-6-2)25-24(27(31)28(32)29(25)11-13-33-4)26(30)19-8-9-21-20(15-19)14-17(3)36-21/h5,7-10,15-17,25,30H,1,6,11-14H2,2-4H3/b26-24+/t17-,25-/m1/s1. The van der Waals surface area contributed by atoms with Crippen LogP contribution in [0.15, 0.2) is 54.6 Å². The first-order chi connectivity index (χ1) is 17.4. The number of fused-ring (bicyclic) bond motifs is 1. The van der Waals surface area contributed by atoms with Crippen molar-refractivity contribution < 1.29 is 33.6 Å². The smallest absolute Gasteiger partial charge is 0.295 e. The highest BCUT2D eigenvalue weighted by Crippen LogP contribution is 2.42. The number of likely N-dealkylation sites (tertiary alicyclic amines) is 1. The van der Waals surface area contributed by atoms with Gasteiger partial charge in [0, 0.05) is 25.6 Å². The number of nitrogens with zero attached hydrogens (tertiary/aromatic N) is 1. The number of carbonyl (C=O) groups is 2. The monoisotopic (exact) mass is 493 g/mol. The van der Waals surface area contributed by atoms with E-state index in [0.29, 0.717) is 42.3 Å². The van der Waals surface area contributed by atoms with Gasteiger partial charge in [0.2, 0.25) is 0 Å². The number of carbonyl (C=O) groups excluding carboxylic acids is 2. The number of benzene rings is 2. The van der Waals surface area contributed by atoms with Gasteiger partial charge in [0.1, 0.15) is 24.2 Å². The fraction of sp³-hybridized carbons (Fsp3) is 0.357. The number of rotatable bonds is 10. The minimum atomic E-state index is -0.823. The topological polar surface area (TPSA) is 94.5 Å². The van der Waals surface area contributed by atoms with Crippen molar-refractivity contribution in [2.75, 3.05) is 33.5 Å². The number of amides is 1. The maximum absolute atomic E-state index is 13.2. The van der Waals surface area contributed by atoms with Gasteiger partial charge in [0.15, 0.2) is 11.5 Å². The van der Waals surface area contributed by atoms with Crippen LogP contribution in [0.25, 0.3) is 5.76 Å². The molecule has 1 fully saturated rings. The van der Waals surface area contributed by atoms with Crippen molar-refractivity contribution in [1.29, 1.82) is 0 Å². The van der Waals surface area contributed by atoms with Gasteiger partial charge in [-0.1, -0.05) is 18.7 Å². The van der Waals surface area contributed by atoms with E-state index in [9.17, 15) is 14.7 Å². The Morgan fingerprint density at radius 2 is 2.00 bits per heavy atom. The molecule has 2 heterocycles. The molecule has 36 heavy (non-hydrogen) atoms. The molecule has 0 spiro atoms. The molecule has 2 aliphatic rings. The summed E-state index contributed by atoms with van der Waals surface area (Å²) in [5.74, 6) is 0.0726. The van der Waals surface area contributed by atoms with Crippen molar-refractivity contribution >= 4 is 17.4 Å². The van der Waals surface area contributed by atoms with Crippen LogP contribution in [-0.2, 0) is 20.7 Å². The molecule has 1 saturated heterocycles. The van der Waals surface area contributed by atoms with Gasteiger partial charge < -0.3 is 29.0 Å². The molecule has 8 nitrogen and oxygen atoms in total. The van der Waals surface area contributed by atoms with Crippen LogP contribution >= 0.6 is 0 Å². The van der Waals surface area contributed by atoms with Gasteiger partial charge in [-0.05, 0) is 55.3 Å². The molecule has 0 bridgehead atoms. The van der Waals surface area contributed by atoms with Crippen molar-refractivity contribution in [3.63, 3.8) is 0 Å². The first-order valence-corrected chi connectivity index (χ1v) is 12.0. The summed E-state index contributed by atoms with van der Waals surface area (Å²) in [7, 11) is 1.53. The third-order valence-electron chi connectivity index (χ3n) is 6.19. The molecule has 2 aromatic carbocycles. The van der Waals surface area contributed by atoms with E-state index in [1.165, 1.54) is 12.0 Å². The van der Waals surface area contributed by atoms with Crippen molar-refractivity contribution in [2.45, 2.75) is 32.4 Å². The van der Waals surface area contributed by atoms with Crippen LogP contribution in [0.5, 0.6) is 17.2 Å². The van der Waals surface area contributed by atoms with Crippen molar-refractivity contribution in [3.05, 3.63) is 71.3 Å². The first-order valence-electron chi connectivity index (χ1n) is 12.0. The quantitative estimate of drug-likeness (QED) is 0.231. The Morgan fingerprint density at radius 3 is 2.72 bits per heavy atom. The molecule has 190 valence electrons. The minimum Gasteiger partial charge on any atom is -0.507 e. The third-order valence-corrected chi connectivity index (χ3v) is 6.19. The van der Waals surface area contributed by atoms with Gasteiger partial charge in [-0.2, -0.15) is 0 Å². The Bertz CT molecular complexity index is 1200. The molecule has 2 atom stereocenters. The largest absolute Gasteiger partial charge is 0.507 e. The number of aliphatic hydroxyl groups excluding tert-OH is 1. The Labute approximate surface area is 210 Å². The Morgan fingerprint density at radius 1 is 1.19 bits per heavy atom. The first kappa shape index (κ1) is 25.3. The lowest BCUT2D eigenvalue weighted by molar-refractivity contribution is -0.140. The minimum absolute atomic E-state index is 0.0187. The highest BCUT2D eigenvalue weighted by Gasteiger charge is 2.46. The average molecular weight is 494 g/mol. The molecular weight excluding hydrogens is 462 g/mol. The van der Waals surface area contributed by atoms with Gasteiger partial charge in [0.05, 0.1) is 24.8 Å². The van der Waals surface area contributed by atoms with Gasteiger partial charge in [0.25, 0.3) is 11.7 Å². The van der Waals surface area contributed by atoms with Gasteiger partial charge >= 0.3 is 0 Å². The molecule has 2 aromatic rings. The summed E-state index contributed by atoms with van der Waals surface area (Å²) in [5.41, 5.74) is 2.03. The lowest BCUT2D eigenvalue weighted by Crippen LogP contribution is -2.32. The summed E-state index contributed by atoms with van der Waals surface area (Å²) in [6, 6.07) is 9.70. The van der Waals surface area contributed by atoms with E-state index in [1.54, 1.807) is 36.4 Å². The maximum atomic E-state index is 13.2. The molecule has 0 saturated carbocycles. The van der Waals surface area contributed by atoms with Gasteiger partial charge in [-0.3, -0.25) is 9.59 Å². The lowest BCUT2D eigenvalue weighted by Gasteiger charge is -2.26. The molecule has 1 N–H and O–H groups in total. The van der Waals surface area contributed by atoms with Crippen molar-refractivity contribution in [3.8, 4) is 17.2 Å². The Kier molecular flexibility index (Phi) is 7.64. The third kappa shape index (κ3) is 4.81. The summed E-state index contributed by atoms with van der Waals surface area (Å²) in [6.07, 6.45) is 2.37. The molecule has 4 rings (SSSR count). The van der Waals surface area contributed by atoms with Gasteiger partial charge in [-0.15, -0.1) is 0 Å². The van der Waals surface area contributed by atoms with Crippen LogP contribution in [0.1, 0.15) is 36.6 Å². The van der Waals surface area contributed by atoms with E-state index in [0.717, 1.165) is 11.3 Å². The number of aliphatic hydroxyl groups is 1. The van der Waals surface area contributed by atoms with Crippen LogP contribution in [0.4, 0.5) is 0 Å². The number of Topliss-reactive ketones (excluding diaryl/α,β-unsaturated/α-hetero) is 1. The second kappa shape index (κ2) is 10.9. The Hall–Kier alpha value is -3.78. The molecule has 1 amide bonds. The van der Waals surface area contributed by atoms with E-state index in [4.69, 9.17) is 18.9 Å². The summed E-state index contributed by atoms with van der Waals surface area (Å²) in [6.45, 7) is 8.60. The number of ketones is 1. The molecule has 0 aliphatic carbocycles. The second-order valence-electron chi connectivity index (χ2n) is 8.68. The number of hydrogen-bond donors (Lipinski definition) is 1. The summed E-state index contributed by atoms with van der Waals surface area (Å²) >= 11 is 0. The fourth-order valence-electron chi connectivity index (χ4n) is 4.60. The lowest BCUT2D eigenvalue weighted by atomic mass is 9.94. The highest BCUT2D eigenvalue weighted by atomic mass is 16.5. The van der Waals surface area contributed by atoms with Crippen LogP contribution in [0.3, 0.4) is 0 Å². The number of ether oxygens (including phenoxy) is 4. The summed E-state index contributed by atoms with van der Waals surface area (Å²) in [4.78, 5) is 27.7. The predicted octanol–water partition coefficient (Wildman–Crippen LogP) is 4.04. The van der Waals surface area contributed by atoms with E-state index in [1.807, 2.05) is 19.9 Å². The Balaban J connectivity index is 1.83. The molecule has 0 aromatic heterocycles.